The number of benzene rings is 1. The number of carbonyl (C=O) groups is 1. The van der Waals surface area contributed by atoms with E-state index in [1.54, 1.807) is 6.07 Å². The highest BCUT2D eigenvalue weighted by molar-refractivity contribution is 6.05. The Morgan fingerprint density at radius 1 is 1.47 bits per heavy atom. The summed E-state index contributed by atoms with van der Waals surface area (Å²) in [7, 11) is 1.35. The van der Waals surface area contributed by atoms with Crippen LogP contribution in [0, 0.1) is 5.82 Å². The summed E-state index contributed by atoms with van der Waals surface area (Å²) in [6.07, 6.45) is 0.728. The maximum atomic E-state index is 13.3. The molecule has 0 spiro atoms. The van der Waals surface area contributed by atoms with E-state index in [-0.39, 0.29) is 5.82 Å². The van der Waals surface area contributed by atoms with Crippen LogP contribution < -0.4 is 5.32 Å². The highest BCUT2D eigenvalue weighted by atomic mass is 19.1. The maximum Gasteiger partial charge on any atom is 0.338 e. The lowest BCUT2D eigenvalue weighted by Gasteiger charge is -2.20. The number of hydrogen-bond donors (Lipinski definition) is 1. The molecular weight excluding hydrogens is 247 g/mol. The number of nitrogens with zero attached hydrogens (tertiary/aromatic N) is 1. The number of esters is 1. The van der Waals surface area contributed by atoms with Gasteiger partial charge in [-0.05, 0) is 12.1 Å². The van der Waals surface area contributed by atoms with Gasteiger partial charge in [0.05, 0.1) is 18.2 Å². The van der Waals surface area contributed by atoms with Crippen molar-refractivity contribution in [2.24, 2.45) is 0 Å². The zero-order valence-corrected chi connectivity index (χ0v) is 10.5. The van der Waals surface area contributed by atoms with Crippen LogP contribution in [-0.4, -0.2) is 24.6 Å². The number of fused-ring (bicyclic) bond motifs is 2. The van der Waals surface area contributed by atoms with Crippen molar-refractivity contribution in [3.8, 4) is 0 Å². The molecule has 0 saturated carbocycles. The van der Waals surface area contributed by atoms with Crippen LogP contribution in [0.2, 0.25) is 0 Å². The number of pyridine rings is 1. The third-order valence-corrected chi connectivity index (χ3v) is 3.36. The second kappa shape index (κ2) is 4.59. The van der Waals surface area contributed by atoms with Gasteiger partial charge in [-0.2, -0.15) is 0 Å². The van der Waals surface area contributed by atoms with Gasteiger partial charge in [0.2, 0.25) is 0 Å². The fraction of sp³-hybridized carbons (Fsp3) is 0.286. The lowest BCUT2D eigenvalue weighted by molar-refractivity contribution is 0.0601. The van der Waals surface area contributed by atoms with E-state index in [1.165, 1.54) is 19.2 Å². The minimum Gasteiger partial charge on any atom is -0.465 e. The Kier molecular flexibility index (Phi) is 2.91. The first-order valence-electron chi connectivity index (χ1n) is 6.10. The molecule has 0 unspecified atom stereocenters. The van der Waals surface area contributed by atoms with Crippen molar-refractivity contribution in [2.75, 3.05) is 13.7 Å². The molecule has 5 heteroatoms. The third kappa shape index (κ3) is 1.96. The van der Waals surface area contributed by atoms with Crippen molar-refractivity contribution in [2.45, 2.75) is 13.0 Å². The van der Waals surface area contributed by atoms with Crippen molar-refractivity contribution in [1.82, 2.24) is 10.3 Å². The predicted octanol–water partition coefficient (Wildman–Crippen LogP) is 1.81. The average molecular weight is 260 g/mol. The summed E-state index contributed by atoms with van der Waals surface area (Å²) in [6.45, 7) is 1.39. The molecule has 0 amide bonds. The second-order valence-electron chi connectivity index (χ2n) is 4.49. The molecule has 2 heterocycles. The van der Waals surface area contributed by atoms with E-state index in [9.17, 15) is 9.18 Å². The fourth-order valence-corrected chi connectivity index (χ4v) is 2.48. The topological polar surface area (TPSA) is 51.2 Å². The monoisotopic (exact) mass is 260 g/mol. The van der Waals surface area contributed by atoms with Gasteiger partial charge in [-0.25, -0.2) is 9.18 Å². The summed E-state index contributed by atoms with van der Waals surface area (Å²) in [4.78, 5) is 16.5. The van der Waals surface area contributed by atoms with Gasteiger partial charge in [0.1, 0.15) is 5.82 Å². The Morgan fingerprint density at radius 3 is 3.11 bits per heavy atom. The molecule has 0 bridgehead atoms. The smallest absolute Gasteiger partial charge is 0.338 e. The Morgan fingerprint density at radius 2 is 2.32 bits per heavy atom. The summed E-state index contributed by atoms with van der Waals surface area (Å²) in [5.41, 5.74) is 2.70. The molecule has 3 rings (SSSR count). The lowest BCUT2D eigenvalue weighted by atomic mass is 9.97. The second-order valence-corrected chi connectivity index (χ2v) is 4.49. The third-order valence-electron chi connectivity index (χ3n) is 3.36. The number of halogens is 1. The van der Waals surface area contributed by atoms with Crippen LogP contribution in [0.25, 0.3) is 10.9 Å². The minimum absolute atomic E-state index is 0.357. The van der Waals surface area contributed by atoms with Crippen LogP contribution in [0.1, 0.15) is 21.6 Å². The first-order valence-corrected chi connectivity index (χ1v) is 6.10. The number of aromatic nitrogens is 1. The van der Waals surface area contributed by atoms with Crippen LogP contribution in [0.5, 0.6) is 0 Å². The van der Waals surface area contributed by atoms with Gasteiger partial charge >= 0.3 is 5.97 Å². The molecule has 0 atom stereocenters. The van der Waals surface area contributed by atoms with E-state index in [0.29, 0.717) is 23.0 Å². The normalized spacial score (nSPS) is 14.2. The zero-order chi connectivity index (χ0) is 13.4. The lowest BCUT2D eigenvalue weighted by Crippen LogP contribution is -2.27. The van der Waals surface area contributed by atoms with E-state index < -0.39 is 5.97 Å². The Bertz CT molecular complexity index is 670. The van der Waals surface area contributed by atoms with Gasteiger partial charge in [-0.1, -0.05) is 0 Å². The summed E-state index contributed by atoms with van der Waals surface area (Å²) >= 11 is 0. The highest BCUT2D eigenvalue weighted by Gasteiger charge is 2.23. The maximum absolute atomic E-state index is 13.3. The SMILES string of the molecule is COC(=O)c1c2c(nc3cc(F)ccc13)CCNC2. The highest BCUT2D eigenvalue weighted by Crippen LogP contribution is 2.26. The number of rotatable bonds is 1. The molecule has 1 N–H and O–H groups in total. The van der Waals surface area contributed by atoms with E-state index in [2.05, 4.69) is 10.3 Å². The van der Waals surface area contributed by atoms with Crippen LogP contribution in [0.4, 0.5) is 4.39 Å². The van der Waals surface area contributed by atoms with E-state index in [4.69, 9.17) is 4.74 Å². The molecule has 1 aromatic carbocycles. The number of carbonyl (C=O) groups excluding carboxylic acids is 1. The number of methoxy groups -OCH3 is 1. The Hall–Kier alpha value is -2.01. The first kappa shape index (κ1) is 12.0. The molecule has 0 fully saturated rings. The van der Waals surface area contributed by atoms with E-state index >= 15 is 0 Å². The van der Waals surface area contributed by atoms with Gasteiger partial charge in [0, 0.05) is 42.2 Å². The summed E-state index contributed by atoms with van der Waals surface area (Å²) in [5, 5.41) is 3.85. The van der Waals surface area contributed by atoms with Gasteiger partial charge < -0.3 is 10.1 Å². The fourth-order valence-electron chi connectivity index (χ4n) is 2.48. The molecule has 0 saturated heterocycles. The number of nitrogens with one attached hydrogen (secondary N) is 1. The zero-order valence-electron chi connectivity index (χ0n) is 10.5. The quantitative estimate of drug-likeness (QED) is 0.794. The van der Waals surface area contributed by atoms with Gasteiger partial charge in [-0.15, -0.1) is 0 Å². The largest absolute Gasteiger partial charge is 0.465 e. The average Bonchev–Trinajstić information content (AvgIpc) is 2.43. The van der Waals surface area contributed by atoms with Gasteiger partial charge in [0.25, 0.3) is 0 Å². The summed E-state index contributed by atoms with van der Waals surface area (Å²) in [6, 6.07) is 4.27. The molecule has 0 aliphatic carbocycles. The Labute approximate surface area is 109 Å². The van der Waals surface area contributed by atoms with Crippen LogP contribution >= 0.6 is 0 Å². The van der Waals surface area contributed by atoms with Crippen LogP contribution in [0.15, 0.2) is 18.2 Å². The summed E-state index contributed by atoms with van der Waals surface area (Å²) in [5.74, 6) is -0.761. The Balaban J connectivity index is 2.36. The van der Waals surface area contributed by atoms with Crippen LogP contribution in [0.3, 0.4) is 0 Å². The number of hydrogen-bond acceptors (Lipinski definition) is 4. The molecular formula is C14H13FN2O2. The van der Waals surface area contributed by atoms with Gasteiger partial charge in [-0.3, -0.25) is 4.98 Å². The van der Waals surface area contributed by atoms with E-state index in [1.807, 2.05) is 0 Å². The first-order chi connectivity index (χ1) is 9.20. The predicted molar refractivity (Wildman–Crippen MR) is 68.5 cm³/mol. The van der Waals surface area contributed by atoms with Crippen molar-refractivity contribution in [3.05, 3.63) is 40.8 Å². The molecule has 1 aliphatic heterocycles. The molecule has 1 aromatic heterocycles. The number of ether oxygens (including phenoxy) is 1. The van der Waals surface area contributed by atoms with Crippen molar-refractivity contribution in [3.63, 3.8) is 0 Å². The standard InChI is InChI=1S/C14H13FN2O2/c1-19-14(18)13-9-3-2-8(15)6-12(9)17-11-4-5-16-7-10(11)13/h2-3,6,16H,4-5,7H2,1H3. The molecule has 4 nitrogen and oxygen atoms in total. The minimum atomic E-state index is -0.404. The molecule has 0 radical (unpaired) electrons. The van der Waals surface area contributed by atoms with Gasteiger partial charge in [0.15, 0.2) is 0 Å². The molecule has 19 heavy (non-hydrogen) atoms. The van der Waals surface area contributed by atoms with Crippen LogP contribution in [-0.2, 0) is 17.7 Å². The van der Waals surface area contributed by atoms with Crippen molar-refractivity contribution < 1.29 is 13.9 Å². The van der Waals surface area contributed by atoms with Crippen molar-refractivity contribution in [1.29, 1.82) is 0 Å². The molecule has 2 aromatic rings. The molecule has 98 valence electrons. The van der Waals surface area contributed by atoms with E-state index in [0.717, 1.165) is 24.2 Å². The summed E-state index contributed by atoms with van der Waals surface area (Å²) < 4.78 is 18.2. The molecule has 1 aliphatic rings. The van der Waals surface area contributed by atoms with Crippen molar-refractivity contribution >= 4 is 16.9 Å².